The number of thiocarbonyl (C=S) groups is 1. The van der Waals surface area contributed by atoms with Crippen molar-refractivity contribution in [2.75, 3.05) is 29.9 Å². The minimum atomic E-state index is 0.113. The van der Waals surface area contributed by atoms with Crippen molar-refractivity contribution in [1.82, 2.24) is 10.3 Å². The zero-order valence-electron chi connectivity index (χ0n) is 18.4. The summed E-state index contributed by atoms with van der Waals surface area (Å²) in [6.45, 7) is 5.34. The van der Waals surface area contributed by atoms with E-state index in [0.29, 0.717) is 5.11 Å². The van der Waals surface area contributed by atoms with Gasteiger partial charge in [0.1, 0.15) is 5.82 Å². The molecule has 4 nitrogen and oxygen atoms in total. The topological polar surface area (TPSA) is 40.2 Å². The predicted molar refractivity (Wildman–Crippen MR) is 135 cm³/mol. The molecule has 0 atom stereocenters. The second-order valence-corrected chi connectivity index (χ2v) is 10.1. The number of nitrogens with one attached hydrogen (secondary N) is 2. The van der Waals surface area contributed by atoms with Crippen LogP contribution in [0, 0.1) is 5.92 Å². The van der Waals surface area contributed by atoms with Crippen LogP contribution in [-0.2, 0) is 5.41 Å². The maximum Gasteiger partial charge on any atom is 0.170 e. The summed E-state index contributed by atoms with van der Waals surface area (Å²) in [7, 11) is 0. The molecule has 0 spiro atoms. The Balaban J connectivity index is 1.34. The highest BCUT2D eigenvalue weighted by atomic mass is 35.5. The van der Waals surface area contributed by atoms with Crippen LogP contribution in [0.15, 0.2) is 42.6 Å². The highest BCUT2D eigenvalue weighted by Crippen LogP contribution is 2.39. The Labute approximate surface area is 196 Å². The molecule has 6 heteroatoms. The van der Waals surface area contributed by atoms with Crippen molar-refractivity contribution >= 4 is 40.4 Å². The summed E-state index contributed by atoms with van der Waals surface area (Å²) in [4.78, 5) is 7.04. The van der Waals surface area contributed by atoms with Crippen LogP contribution in [-0.4, -0.2) is 29.7 Å². The van der Waals surface area contributed by atoms with Gasteiger partial charge in [0.15, 0.2) is 5.11 Å². The number of hydrogen-bond donors (Lipinski definition) is 2. The number of pyridine rings is 1. The summed E-state index contributed by atoms with van der Waals surface area (Å²) >= 11 is 11.7. The van der Waals surface area contributed by atoms with Gasteiger partial charge in [-0.3, -0.25) is 0 Å². The van der Waals surface area contributed by atoms with E-state index in [1.165, 1.54) is 50.5 Å². The van der Waals surface area contributed by atoms with E-state index >= 15 is 0 Å². The van der Waals surface area contributed by atoms with Crippen molar-refractivity contribution in [1.29, 1.82) is 0 Å². The zero-order valence-corrected chi connectivity index (χ0v) is 19.9. The van der Waals surface area contributed by atoms with Gasteiger partial charge in [-0.25, -0.2) is 4.98 Å². The molecule has 0 unspecified atom stereocenters. The van der Waals surface area contributed by atoms with Crippen molar-refractivity contribution in [3.8, 4) is 0 Å². The summed E-state index contributed by atoms with van der Waals surface area (Å²) in [6.07, 6.45) is 10.5. The van der Waals surface area contributed by atoms with Crippen molar-refractivity contribution < 1.29 is 0 Å². The van der Waals surface area contributed by atoms with Crippen LogP contribution >= 0.6 is 23.8 Å². The Morgan fingerprint density at radius 1 is 1.10 bits per heavy atom. The van der Waals surface area contributed by atoms with E-state index in [1.54, 1.807) is 0 Å². The number of nitrogens with zero attached hydrogens (tertiary/aromatic N) is 2. The standard InChI is InChI=1S/C25H33ClN4S/c1-19-11-15-30(16-12-19)23-10-9-22(17-27-23)29-24(31)28-18-25(13-3-2-4-14-25)20-5-7-21(26)8-6-20/h5-10,17,19H,2-4,11-16,18H2,1H3,(H2,28,29,31). The molecule has 2 aliphatic rings. The molecule has 0 bridgehead atoms. The van der Waals surface area contributed by atoms with Crippen LogP contribution in [0.5, 0.6) is 0 Å². The van der Waals surface area contributed by atoms with E-state index in [2.05, 4.69) is 51.7 Å². The summed E-state index contributed by atoms with van der Waals surface area (Å²) in [5, 5.41) is 8.24. The number of rotatable bonds is 5. The summed E-state index contributed by atoms with van der Waals surface area (Å²) in [5.74, 6) is 1.88. The van der Waals surface area contributed by atoms with Crippen LogP contribution < -0.4 is 15.5 Å². The van der Waals surface area contributed by atoms with Crippen molar-refractivity contribution in [3.05, 3.63) is 53.2 Å². The summed E-state index contributed by atoms with van der Waals surface area (Å²) in [5.41, 5.74) is 2.40. The first-order valence-electron chi connectivity index (χ1n) is 11.6. The first-order valence-corrected chi connectivity index (χ1v) is 12.3. The molecule has 31 heavy (non-hydrogen) atoms. The monoisotopic (exact) mass is 456 g/mol. The Bertz CT molecular complexity index is 854. The van der Waals surface area contributed by atoms with Crippen LogP contribution in [0.4, 0.5) is 11.5 Å². The minimum absolute atomic E-state index is 0.113. The quantitative estimate of drug-likeness (QED) is 0.527. The molecule has 1 aliphatic heterocycles. The molecule has 1 aliphatic carbocycles. The number of halogens is 1. The SMILES string of the molecule is CC1CCN(c2ccc(NC(=S)NCC3(c4ccc(Cl)cc4)CCCCC3)cn2)CC1. The second-order valence-electron chi connectivity index (χ2n) is 9.23. The van der Waals surface area contributed by atoms with Gasteiger partial charge in [-0.15, -0.1) is 0 Å². The third-order valence-corrected chi connectivity index (χ3v) is 7.47. The first kappa shape index (κ1) is 22.3. The van der Waals surface area contributed by atoms with Crippen LogP contribution in [0.25, 0.3) is 0 Å². The Kier molecular flexibility index (Phi) is 7.34. The van der Waals surface area contributed by atoms with Crippen molar-refractivity contribution in [2.45, 2.75) is 57.3 Å². The number of anilines is 2. The molecule has 1 aromatic heterocycles. The molecule has 0 amide bonds. The fourth-order valence-corrected chi connectivity index (χ4v) is 5.23. The van der Waals surface area contributed by atoms with Crippen LogP contribution in [0.1, 0.15) is 57.4 Å². The fraction of sp³-hybridized carbons (Fsp3) is 0.520. The lowest BCUT2D eigenvalue weighted by Gasteiger charge is -2.38. The molecule has 2 fully saturated rings. The van der Waals surface area contributed by atoms with Crippen LogP contribution in [0.3, 0.4) is 0 Å². The van der Waals surface area contributed by atoms with E-state index in [1.807, 2.05) is 18.3 Å². The van der Waals surface area contributed by atoms with Gasteiger partial charge < -0.3 is 15.5 Å². The van der Waals surface area contributed by atoms with Gasteiger partial charge in [0.25, 0.3) is 0 Å². The highest BCUT2D eigenvalue weighted by molar-refractivity contribution is 7.80. The number of benzene rings is 1. The predicted octanol–water partition coefficient (Wildman–Crippen LogP) is 6.16. The van der Waals surface area contributed by atoms with Gasteiger partial charge in [-0.2, -0.15) is 0 Å². The zero-order chi connectivity index (χ0) is 21.7. The molecule has 4 rings (SSSR count). The lowest BCUT2D eigenvalue weighted by Crippen LogP contribution is -2.43. The number of hydrogen-bond acceptors (Lipinski definition) is 3. The molecule has 0 radical (unpaired) electrons. The Morgan fingerprint density at radius 2 is 1.81 bits per heavy atom. The van der Waals surface area contributed by atoms with E-state index in [0.717, 1.165) is 42.1 Å². The van der Waals surface area contributed by atoms with Gasteiger partial charge in [0, 0.05) is 30.1 Å². The number of piperidine rings is 1. The molecule has 1 aromatic carbocycles. The van der Waals surface area contributed by atoms with Crippen molar-refractivity contribution in [2.24, 2.45) is 5.92 Å². The molecule has 1 saturated heterocycles. The maximum atomic E-state index is 6.13. The normalized spacial score (nSPS) is 19.1. The molecular formula is C25H33ClN4S. The second kappa shape index (κ2) is 10.2. The molecule has 2 N–H and O–H groups in total. The molecule has 166 valence electrons. The third-order valence-electron chi connectivity index (χ3n) is 6.97. The minimum Gasteiger partial charge on any atom is -0.362 e. The molecular weight excluding hydrogens is 424 g/mol. The third kappa shape index (κ3) is 5.69. The van der Waals surface area contributed by atoms with Gasteiger partial charge in [0.05, 0.1) is 11.9 Å². The van der Waals surface area contributed by atoms with E-state index in [9.17, 15) is 0 Å². The van der Waals surface area contributed by atoms with E-state index in [4.69, 9.17) is 23.8 Å². The highest BCUT2D eigenvalue weighted by Gasteiger charge is 2.34. The smallest absolute Gasteiger partial charge is 0.170 e. The molecule has 1 saturated carbocycles. The van der Waals surface area contributed by atoms with Crippen molar-refractivity contribution in [3.63, 3.8) is 0 Å². The van der Waals surface area contributed by atoms with Gasteiger partial charge in [-0.05, 0) is 73.6 Å². The number of aromatic nitrogens is 1. The van der Waals surface area contributed by atoms with Gasteiger partial charge >= 0.3 is 0 Å². The Morgan fingerprint density at radius 3 is 2.45 bits per heavy atom. The largest absolute Gasteiger partial charge is 0.362 e. The van der Waals surface area contributed by atoms with Crippen LogP contribution in [0.2, 0.25) is 5.02 Å². The average molecular weight is 457 g/mol. The Hall–Kier alpha value is -1.85. The first-order chi connectivity index (χ1) is 15.0. The summed E-state index contributed by atoms with van der Waals surface area (Å²) in [6, 6.07) is 12.5. The fourth-order valence-electron chi connectivity index (χ4n) is 4.91. The van der Waals surface area contributed by atoms with Gasteiger partial charge in [-0.1, -0.05) is 49.9 Å². The summed E-state index contributed by atoms with van der Waals surface area (Å²) < 4.78 is 0. The van der Waals surface area contributed by atoms with Gasteiger partial charge in [0.2, 0.25) is 0 Å². The van der Waals surface area contributed by atoms with E-state index in [-0.39, 0.29) is 5.41 Å². The molecule has 2 aromatic rings. The maximum absolute atomic E-state index is 6.13. The molecule has 2 heterocycles. The lowest BCUT2D eigenvalue weighted by atomic mass is 9.69. The van der Waals surface area contributed by atoms with E-state index < -0.39 is 0 Å². The average Bonchev–Trinajstić information content (AvgIpc) is 2.80. The lowest BCUT2D eigenvalue weighted by molar-refractivity contribution is 0.292.